The highest BCUT2D eigenvalue weighted by molar-refractivity contribution is 5.87. The minimum absolute atomic E-state index is 0.00376. The first kappa shape index (κ1) is 30.7. The monoisotopic (exact) mass is 630 g/mol. The number of phenolic OH excluding ortho intramolecular Hbond substituents is 2. The third-order valence-corrected chi connectivity index (χ3v) is 7.28. The number of rotatable bonds is 10. The Balaban J connectivity index is 1.46. The zero-order chi connectivity index (χ0) is 33.2. The fourth-order valence-corrected chi connectivity index (χ4v) is 4.91. The van der Waals surface area contributed by atoms with Gasteiger partial charge in [-0.2, -0.15) is 0 Å². The lowest BCUT2D eigenvalue weighted by Crippen LogP contribution is -2.09. The summed E-state index contributed by atoms with van der Waals surface area (Å²) in [5, 5.41) is 41.2. The normalized spacial score (nSPS) is 11.1. The van der Waals surface area contributed by atoms with Crippen LogP contribution in [0, 0.1) is 0 Å². The van der Waals surface area contributed by atoms with Crippen LogP contribution in [-0.4, -0.2) is 52.1 Å². The molecule has 12 nitrogen and oxygen atoms in total. The van der Waals surface area contributed by atoms with E-state index in [1.807, 2.05) is 24.3 Å². The maximum absolute atomic E-state index is 12.2. The Hall–Kier alpha value is -6.30. The van der Waals surface area contributed by atoms with Crippen molar-refractivity contribution in [2.75, 3.05) is 0 Å². The van der Waals surface area contributed by atoms with Gasteiger partial charge in [0, 0.05) is 28.7 Å². The summed E-state index contributed by atoms with van der Waals surface area (Å²) in [6.45, 7) is 10.1. The number of benzene rings is 4. The molecule has 0 bridgehead atoms. The molecule has 2 N–H and O–H groups in total. The van der Waals surface area contributed by atoms with Gasteiger partial charge in [0.15, 0.2) is 0 Å². The molecule has 2 heterocycles. The van der Waals surface area contributed by atoms with E-state index in [-0.39, 0.29) is 53.7 Å². The highest BCUT2D eigenvalue weighted by atomic mass is 16.5. The molecule has 0 amide bonds. The van der Waals surface area contributed by atoms with Crippen LogP contribution >= 0.6 is 0 Å². The van der Waals surface area contributed by atoms with Crippen LogP contribution in [0.2, 0.25) is 0 Å². The topological polar surface area (TPSA) is 154 Å². The maximum Gasteiger partial charge on any atom is 0.333 e. The zero-order valence-corrected chi connectivity index (χ0v) is 25.7. The number of ether oxygens (including phenoxy) is 2. The Morgan fingerprint density at radius 1 is 0.638 bits per heavy atom. The second-order valence-corrected chi connectivity index (χ2v) is 11.1. The molecule has 0 saturated carbocycles. The molecule has 236 valence electrons. The summed E-state index contributed by atoms with van der Waals surface area (Å²) in [7, 11) is 0. The van der Waals surface area contributed by atoms with Gasteiger partial charge in [0.05, 0.1) is 0 Å². The van der Waals surface area contributed by atoms with Gasteiger partial charge in [-0.05, 0) is 73.5 Å². The molecule has 0 fully saturated rings. The second-order valence-electron chi connectivity index (χ2n) is 11.1. The van der Waals surface area contributed by atoms with Crippen molar-refractivity contribution in [2.24, 2.45) is 0 Å². The lowest BCUT2D eigenvalue weighted by Gasteiger charge is -2.16. The first-order valence-electron chi connectivity index (χ1n) is 14.6. The van der Waals surface area contributed by atoms with Crippen LogP contribution in [0.5, 0.6) is 11.5 Å². The fourth-order valence-electron chi connectivity index (χ4n) is 4.91. The Labute approximate surface area is 268 Å². The second kappa shape index (κ2) is 12.6. The summed E-state index contributed by atoms with van der Waals surface area (Å²) < 4.78 is 10.8. The van der Waals surface area contributed by atoms with E-state index in [0.717, 1.165) is 0 Å². The number of aromatic hydroxyl groups is 2. The van der Waals surface area contributed by atoms with Crippen molar-refractivity contribution in [2.45, 2.75) is 33.5 Å². The van der Waals surface area contributed by atoms with Gasteiger partial charge < -0.3 is 19.7 Å². The van der Waals surface area contributed by atoms with Crippen molar-refractivity contribution >= 4 is 34.0 Å². The van der Waals surface area contributed by atoms with Crippen LogP contribution in [0.1, 0.15) is 36.1 Å². The lowest BCUT2D eigenvalue weighted by atomic mass is 9.98. The van der Waals surface area contributed by atoms with Crippen LogP contribution in [0.4, 0.5) is 0 Å². The average molecular weight is 631 g/mol. The standard InChI is InChI=1S/C35H30N6O6/c1-20(2)34(44)46-18-22-13-24(32(42)30(15-22)40-36-26-9-5-6-10-27(26)37-40)17-25-14-23(19-47-35(45)21(3)4)16-31(33(25)43)41-38-28-11-7-8-12-29(28)39-41/h5-16,42-43H,1,3,17-19H2,2,4H3. The Morgan fingerprint density at radius 3 is 1.30 bits per heavy atom. The average Bonchev–Trinajstić information content (AvgIpc) is 3.69. The minimum atomic E-state index is -0.567. The number of hydrogen-bond donors (Lipinski definition) is 2. The molecule has 0 unspecified atom stereocenters. The molecule has 0 spiro atoms. The van der Waals surface area contributed by atoms with E-state index in [9.17, 15) is 19.8 Å². The van der Waals surface area contributed by atoms with Crippen LogP contribution in [0.3, 0.4) is 0 Å². The predicted molar refractivity (Wildman–Crippen MR) is 173 cm³/mol. The summed E-state index contributed by atoms with van der Waals surface area (Å²) in [6.07, 6.45) is 0.00376. The molecule has 12 heteroatoms. The molecule has 0 aliphatic carbocycles. The molecule has 47 heavy (non-hydrogen) atoms. The van der Waals surface area contributed by atoms with Gasteiger partial charge in [0.25, 0.3) is 0 Å². The Bertz CT molecular complexity index is 1990. The van der Waals surface area contributed by atoms with Crippen molar-refractivity contribution in [3.8, 4) is 22.9 Å². The summed E-state index contributed by atoms with van der Waals surface area (Å²) >= 11 is 0. The van der Waals surface area contributed by atoms with Crippen LogP contribution in [-0.2, 0) is 38.7 Å². The number of nitrogens with zero attached hydrogens (tertiary/aromatic N) is 6. The largest absolute Gasteiger partial charge is 0.505 e. The molecule has 0 atom stereocenters. The SMILES string of the molecule is C=C(C)C(=O)OCc1cc(Cc2cc(COC(=O)C(=C)C)cc(-n3nc4ccccc4n3)c2O)c(O)c(-n2nc3ccccc3n2)c1. The van der Waals surface area contributed by atoms with Crippen molar-refractivity contribution in [1.82, 2.24) is 30.0 Å². The molecule has 4 aromatic carbocycles. The molecule has 2 aromatic heterocycles. The smallest absolute Gasteiger partial charge is 0.333 e. The number of carbonyl (C=O) groups is 2. The van der Waals surface area contributed by atoms with E-state index < -0.39 is 11.9 Å². The molecule has 0 saturated heterocycles. The molecular weight excluding hydrogens is 600 g/mol. The Morgan fingerprint density at radius 2 is 0.979 bits per heavy atom. The first-order chi connectivity index (χ1) is 22.6. The van der Waals surface area contributed by atoms with Gasteiger partial charge in [-0.15, -0.1) is 30.0 Å². The summed E-state index contributed by atoms with van der Waals surface area (Å²) in [5.41, 5.74) is 5.26. The molecule has 6 aromatic rings. The van der Waals surface area contributed by atoms with Gasteiger partial charge in [0.2, 0.25) is 0 Å². The number of esters is 2. The van der Waals surface area contributed by atoms with E-state index >= 15 is 0 Å². The van der Waals surface area contributed by atoms with Gasteiger partial charge in [0.1, 0.15) is 58.2 Å². The third kappa shape index (κ3) is 6.43. The van der Waals surface area contributed by atoms with Crippen LogP contribution in [0.25, 0.3) is 33.4 Å². The summed E-state index contributed by atoms with van der Waals surface area (Å²) in [4.78, 5) is 27.0. The highest BCUT2D eigenvalue weighted by Crippen LogP contribution is 2.35. The van der Waals surface area contributed by atoms with E-state index in [1.54, 1.807) is 62.4 Å². The van der Waals surface area contributed by atoms with Crippen molar-refractivity contribution in [3.63, 3.8) is 0 Å². The highest BCUT2D eigenvalue weighted by Gasteiger charge is 2.21. The summed E-state index contributed by atoms with van der Waals surface area (Å²) in [5.74, 6) is -1.43. The predicted octanol–water partition coefficient (Wildman–Crippen LogP) is 5.40. The number of carbonyl (C=O) groups excluding carboxylic acids is 2. The van der Waals surface area contributed by atoms with Gasteiger partial charge >= 0.3 is 11.9 Å². The lowest BCUT2D eigenvalue weighted by molar-refractivity contribution is -0.141. The van der Waals surface area contributed by atoms with Gasteiger partial charge in [-0.25, -0.2) is 9.59 Å². The zero-order valence-electron chi connectivity index (χ0n) is 25.7. The summed E-state index contributed by atoms with van der Waals surface area (Å²) in [6, 6.07) is 21.1. The molecule has 0 aliphatic heterocycles. The van der Waals surface area contributed by atoms with Crippen molar-refractivity contribution in [3.05, 3.63) is 119 Å². The third-order valence-electron chi connectivity index (χ3n) is 7.28. The van der Waals surface area contributed by atoms with E-state index in [4.69, 9.17) is 9.47 Å². The van der Waals surface area contributed by atoms with Crippen LogP contribution in [0.15, 0.2) is 97.1 Å². The van der Waals surface area contributed by atoms with Crippen LogP contribution < -0.4 is 0 Å². The van der Waals surface area contributed by atoms with Gasteiger partial charge in [-0.1, -0.05) is 37.4 Å². The number of phenols is 2. The van der Waals surface area contributed by atoms with Gasteiger partial charge in [-0.3, -0.25) is 0 Å². The van der Waals surface area contributed by atoms with Crippen molar-refractivity contribution in [1.29, 1.82) is 0 Å². The van der Waals surface area contributed by atoms with E-state index in [2.05, 4.69) is 33.6 Å². The first-order valence-corrected chi connectivity index (χ1v) is 14.6. The van der Waals surface area contributed by atoms with Crippen molar-refractivity contribution < 1.29 is 29.3 Å². The number of hydrogen-bond acceptors (Lipinski definition) is 10. The van der Waals surface area contributed by atoms with E-state index in [1.165, 1.54) is 9.59 Å². The molecule has 0 radical (unpaired) electrons. The molecule has 0 aliphatic rings. The maximum atomic E-state index is 12.2. The molecule has 6 rings (SSSR count). The quantitative estimate of drug-likeness (QED) is 0.149. The molecular formula is C35H30N6O6. The number of fused-ring (bicyclic) bond motifs is 2. The van der Waals surface area contributed by atoms with E-state index in [0.29, 0.717) is 44.3 Å². The number of aromatic nitrogens is 6. The minimum Gasteiger partial charge on any atom is -0.505 e. The fraction of sp³-hybridized carbons (Fsp3) is 0.143. The Kier molecular flexibility index (Phi) is 8.23.